The fourth-order valence-electron chi connectivity index (χ4n) is 1.65. The molecule has 1 rings (SSSR count). The van der Waals surface area contributed by atoms with Gasteiger partial charge in [0.05, 0.1) is 7.11 Å². The third-order valence-electron chi connectivity index (χ3n) is 2.65. The highest BCUT2D eigenvalue weighted by atomic mass is 16.5. The van der Waals surface area contributed by atoms with Gasteiger partial charge in [-0.2, -0.15) is 0 Å². The summed E-state index contributed by atoms with van der Waals surface area (Å²) in [7, 11) is 1.31. The summed E-state index contributed by atoms with van der Waals surface area (Å²) < 4.78 is 4.50. The van der Waals surface area contributed by atoms with Crippen molar-refractivity contribution in [2.24, 2.45) is 0 Å². The van der Waals surface area contributed by atoms with Crippen LogP contribution in [0.2, 0.25) is 0 Å². The van der Waals surface area contributed by atoms with Crippen LogP contribution in [0, 0.1) is 0 Å². The number of aromatic nitrogens is 1. The number of pyridine rings is 1. The first-order chi connectivity index (χ1) is 9.43. The fraction of sp³-hybridized carbons (Fsp3) is 0.385. The number of carbonyl (C=O) groups excluding carboxylic acids is 1. The smallest absolute Gasteiger partial charge is 0.354 e. The predicted octanol–water partition coefficient (Wildman–Crippen LogP) is 1.36. The molecule has 0 aliphatic rings. The fourth-order valence-corrected chi connectivity index (χ4v) is 1.65. The average molecular weight is 281 g/mol. The number of nitrogens with zero attached hydrogens (tertiary/aromatic N) is 1. The van der Waals surface area contributed by atoms with E-state index in [1.165, 1.54) is 19.2 Å². The summed E-state index contributed by atoms with van der Waals surface area (Å²) >= 11 is 0. The molecule has 7 nitrogen and oxygen atoms in total. The number of carboxylic acid groups (broad SMARTS) is 2. The molecule has 108 valence electrons. The zero-order valence-corrected chi connectivity index (χ0v) is 11.0. The molecule has 0 unspecified atom stereocenters. The highest BCUT2D eigenvalue weighted by Gasteiger charge is 2.13. The molecule has 0 aromatic carbocycles. The van der Waals surface area contributed by atoms with Crippen molar-refractivity contribution in [1.82, 2.24) is 4.98 Å². The van der Waals surface area contributed by atoms with Crippen molar-refractivity contribution in [3.8, 4) is 0 Å². The Balaban J connectivity index is 2.71. The Bertz CT molecular complexity index is 493. The molecule has 1 aromatic rings. The predicted molar refractivity (Wildman–Crippen MR) is 67.7 cm³/mol. The zero-order valence-electron chi connectivity index (χ0n) is 11.0. The summed E-state index contributed by atoms with van der Waals surface area (Å²) in [6.07, 6.45) is 1.95. The lowest BCUT2D eigenvalue weighted by Gasteiger charge is -2.04. The van der Waals surface area contributed by atoms with Gasteiger partial charge in [0.1, 0.15) is 11.4 Å². The number of ether oxygens (including phenoxy) is 1. The summed E-state index contributed by atoms with van der Waals surface area (Å²) in [5, 5.41) is 17.8. The third kappa shape index (κ3) is 4.68. The highest BCUT2D eigenvalue weighted by molar-refractivity contribution is 5.90. The number of esters is 1. The number of methoxy groups -OCH3 is 1. The molecule has 0 amide bonds. The molecule has 2 N–H and O–H groups in total. The van der Waals surface area contributed by atoms with E-state index in [1.54, 1.807) is 0 Å². The van der Waals surface area contributed by atoms with Crippen LogP contribution in [0.1, 0.15) is 45.8 Å². The normalized spacial score (nSPS) is 10.1. The molecule has 0 spiro atoms. The van der Waals surface area contributed by atoms with Crippen LogP contribution in [0.4, 0.5) is 0 Å². The van der Waals surface area contributed by atoms with Crippen LogP contribution >= 0.6 is 0 Å². The van der Waals surface area contributed by atoms with Gasteiger partial charge in [-0.3, -0.25) is 4.79 Å². The lowest BCUT2D eigenvalue weighted by atomic mass is 10.1. The number of rotatable bonds is 7. The molecular formula is C13H15NO6. The summed E-state index contributed by atoms with van der Waals surface area (Å²) in [5.41, 5.74) is -0.0274. The van der Waals surface area contributed by atoms with Crippen molar-refractivity contribution < 1.29 is 29.3 Å². The first-order valence-electron chi connectivity index (χ1n) is 5.98. The quantitative estimate of drug-likeness (QED) is 0.573. The van der Waals surface area contributed by atoms with Gasteiger partial charge in [0, 0.05) is 6.42 Å². The number of unbranched alkanes of at least 4 members (excludes halogenated alkanes) is 1. The van der Waals surface area contributed by atoms with Gasteiger partial charge in [-0.15, -0.1) is 0 Å². The van der Waals surface area contributed by atoms with Crippen molar-refractivity contribution in [1.29, 1.82) is 0 Å². The number of hydrogen-bond acceptors (Lipinski definition) is 5. The lowest BCUT2D eigenvalue weighted by Crippen LogP contribution is -2.09. The molecule has 20 heavy (non-hydrogen) atoms. The van der Waals surface area contributed by atoms with Crippen LogP contribution in [-0.2, 0) is 16.0 Å². The van der Waals surface area contributed by atoms with Crippen molar-refractivity contribution in [3.05, 3.63) is 29.1 Å². The molecule has 7 heteroatoms. The van der Waals surface area contributed by atoms with E-state index in [9.17, 15) is 14.4 Å². The molecule has 0 atom stereocenters. The Morgan fingerprint density at radius 1 is 1.10 bits per heavy atom. The largest absolute Gasteiger partial charge is 0.477 e. The minimum Gasteiger partial charge on any atom is -0.477 e. The van der Waals surface area contributed by atoms with Gasteiger partial charge >= 0.3 is 17.9 Å². The summed E-state index contributed by atoms with van der Waals surface area (Å²) in [5.74, 6) is -2.86. The van der Waals surface area contributed by atoms with Crippen LogP contribution in [0.25, 0.3) is 0 Å². The summed E-state index contributed by atoms with van der Waals surface area (Å²) in [6.45, 7) is 0. The number of aromatic carboxylic acids is 2. The van der Waals surface area contributed by atoms with E-state index in [1.807, 2.05) is 0 Å². The molecule has 0 radical (unpaired) electrons. The standard InChI is InChI=1S/C13H15NO6/c1-20-11(15)5-3-2-4-8-6-9(12(16)17)14-10(7-8)13(18)19/h6-7H,2-5H2,1H3,(H,16,17)(H,18,19). The second-order valence-corrected chi connectivity index (χ2v) is 4.14. The zero-order chi connectivity index (χ0) is 15.1. The van der Waals surface area contributed by atoms with E-state index in [0.717, 1.165) is 0 Å². The molecule has 0 aliphatic heterocycles. The van der Waals surface area contributed by atoms with Gasteiger partial charge < -0.3 is 14.9 Å². The van der Waals surface area contributed by atoms with E-state index in [4.69, 9.17) is 10.2 Å². The molecule has 0 saturated carbocycles. The van der Waals surface area contributed by atoms with Crippen LogP contribution < -0.4 is 0 Å². The number of hydrogen-bond donors (Lipinski definition) is 2. The monoisotopic (exact) mass is 281 g/mol. The first-order valence-corrected chi connectivity index (χ1v) is 5.98. The third-order valence-corrected chi connectivity index (χ3v) is 2.65. The van der Waals surface area contributed by atoms with Crippen molar-refractivity contribution in [3.63, 3.8) is 0 Å². The van der Waals surface area contributed by atoms with Gasteiger partial charge in [-0.05, 0) is 37.0 Å². The Kier molecular flexibility index (Phi) is 5.64. The second-order valence-electron chi connectivity index (χ2n) is 4.14. The molecule has 1 heterocycles. The lowest BCUT2D eigenvalue weighted by molar-refractivity contribution is -0.140. The number of carbonyl (C=O) groups is 3. The van der Waals surface area contributed by atoms with Gasteiger partial charge in [0.15, 0.2) is 0 Å². The minimum absolute atomic E-state index is 0.277. The first kappa shape index (κ1) is 15.6. The topological polar surface area (TPSA) is 114 Å². The van der Waals surface area contributed by atoms with Crippen LogP contribution in [0.15, 0.2) is 12.1 Å². The highest BCUT2D eigenvalue weighted by Crippen LogP contribution is 2.11. The molecule has 0 bridgehead atoms. The van der Waals surface area contributed by atoms with Crippen LogP contribution in [0.5, 0.6) is 0 Å². The summed E-state index contributed by atoms with van der Waals surface area (Å²) in [4.78, 5) is 36.2. The van der Waals surface area contributed by atoms with Gasteiger partial charge in [0.2, 0.25) is 0 Å². The van der Waals surface area contributed by atoms with E-state index in [2.05, 4.69) is 9.72 Å². The Morgan fingerprint density at radius 3 is 2.10 bits per heavy atom. The SMILES string of the molecule is COC(=O)CCCCc1cc(C(=O)O)nc(C(=O)O)c1. The molecule has 0 aliphatic carbocycles. The van der Waals surface area contributed by atoms with Crippen molar-refractivity contribution in [2.45, 2.75) is 25.7 Å². The number of carboxylic acids is 2. The maximum atomic E-state index is 10.9. The summed E-state index contributed by atoms with van der Waals surface area (Å²) in [6, 6.07) is 2.68. The van der Waals surface area contributed by atoms with Crippen molar-refractivity contribution in [2.75, 3.05) is 7.11 Å². The maximum absolute atomic E-state index is 10.9. The second kappa shape index (κ2) is 7.22. The van der Waals surface area contributed by atoms with E-state index >= 15 is 0 Å². The van der Waals surface area contributed by atoms with Gasteiger partial charge in [0.25, 0.3) is 0 Å². The molecule has 0 fully saturated rings. The van der Waals surface area contributed by atoms with E-state index in [0.29, 0.717) is 24.8 Å². The average Bonchev–Trinajstić information content (AvgIpc) is 2.42. The molecule has 1 aromatic heterocycles. The Morgan fingerprint density at radius 2 is 1.65 bits per heavy atom. The number of aryl methyl sites for hydroxylation is 1. The van der Waals surface area contributed by atoms with E-state index in [-0.39, 0.29) is 23.8 Å². The van der Waals surface area contributed by atoms with Gasteiger partial charge in [-0.25, -0.2) is 14.6 Å². The van der Waals surface area contributed by atoms with Gasteiger partial charge in [-0.1, -0.05) is 0 Å². The Labute approximate surface area is 115 Å². The molecular weight excluding hydrogens is 266 g/mol. The van der Waals surface area contributed by atoms with Crippen LogP contribution in [0.3, 0.4) is 0 Å². The molecule has 0 saturated heterocycles. The van der Waals surface area contributed by atoms with Crippen LogP contribution in [-0.4, -0.2) is 40.2 Å². The van der Waals surface area contributed by atoms with Crippen molar-refractivity contribution >= 4 is 17.9 Å². The minimum atomic E-state index is -1.27. The maximum Gasteiger partial charge on any atom is 0.354 e. The van der Waals surface area contributed by atoms with E-state index < -0.39 is 11.9 Å². The Hall–Kier alpha value is -2.44.